The van der Waals surface area contributed by atoms with E-state index in [-0.39, 0.29) is 12.1 Å². The van der Waals surface area contributed by atoms with Crippen molar-refractivity contribution in [2.24, 2.45) is 0 Å². The lowest BCUT2D eigenvalue weighted by molar-refractivity contribution is -0.103. The molecule has 2 aliphatic heterocycles. The third-order valence-corrected chi connectivity index (χ3v) is 4.48. The number of nitrogens with zero attached hydrogens (tertiary/aromatic N) is 2. The van der Waals surface area contributed by atoms with Gasteiger partial charge in [-0.15, -0.1) is 0 Å². The minimum atomic E-state index is -0.765. The number of hydrogen-bond acceptors (Lipinski definition) is 3. The molecule has 4 rings (SSSR count). The zero-order valence-corrected chi connectivity index (χ0v) is 12.3. The average Bonchev–Trinajstić information content (AvgIpc) is 2.56. The molecule has 2 unspecified atom stereocenters. The minimum Gasteiger partial charge on any atom is -0.463 e. The number of amides is 2. The summed E-state index contributed by atoms with van der Waals surface area (Å²) in [4.78, 5) is 18.4. The minimum absolute atomic E-state index is 0.0339. The molecule has 0 aliphatic carbocycles. The molecule has 1 N–H and O–H groups in total. The van der Waals surface area contributed by atoms with E-state index in [4.69, 9.17) is 4.74 Å². The molecule has 1 saturated heterocycles. The highest BCUT2D eigenvalue weighted by molar-refractivity contribution is 5.77. The van der Waals surface area contributed by atoms with Crippen molar-refractivity contribution in [3.63, 3.8) is 0 Å². The van der Waals surface area contributed by atoms with Crippen LogP contribution in [-0.2, 0) is 5.72 Å². The maximum atomic E-state index is 12.5. The van der Waals surface area contributed by atoms with Crippen molar-refractivity contribution in [1.82, 2.24) is 15.2 Å². The lowest BCUT2D eigenvalue weighted by atomic mass is 9.85. The van der Waals surface area contributed by atoms with E-state index in [2.05, 4.69) is 10.3 Å². The van der Waals surface area contributed by atoms with Gasteiger partial charge in [-0.25, -0.2) is 4.79 Å². The maximum Gasteiger partial charge on any atom is 0.321 e. The van der Waals surface area contributed by atoms with E-state index in [1.54, 1.807) is 17.3 Å². The van der Waals surface area contributed by atoms with Gasteiger partial charge in [-0.3, -0.25) is 9.88 Å². The maximum absolute atomic E-state index is 12.5. The van der Waals surface area contributed by atoms with Crippen LogP contribution in [0.4, 0.5) is 4.79 Å². The largest absolute Gasteiger partial charge is 0.463 e. The number of fused-ring (bicyclic) bond motifs is 4. The van der Waals surface area contributed by atoms with E-state index in [0.717, 1.165) is 16.9 Å². The summed E-state index contributed by atoms with van der Waals surface area (Å²) in [7, 11) is 0. The Bertz CT molecular complexity index is 719. The number of benzene rings is 1. The molecule has 0 radical (unpaired) electrons. The van der Waals surface area contributed by atoms with Gasteiger partial charge in [0, 0.05) is 36.5 Å². The van der Waals surface area contributed by atoms with Crippen LogP contribution < -0.4 is 10.1 Å². The summed E-state index contributed by atoms with van der Waals surface area (Å²) in [6, 6.07) is 11.6. The molecule has 0 saturated carbocycles. The van der Waals surface area contributed by atoms with E-state index in [0.29, 0.717) is 13.0 Å². The van der Waals surface area contributed by atoms with Gasteiger partial charge in [0.1, 0.15) is 5.75 Å². The van der Waals surface area contributed by atoms with Gasteiger partial charge in [-0.05, 0) is 25.1 Å². The van der Waals surface area contributed by atoms with E-state index in [1.165, 1.54) is 0 Å². The molecule has 5 nitrogen and oxygen atoms in total. The second-order valence-corrected chi connectivity index (χ2v) is 5.61. The molecule has 2 amide bonds. The molecule has 2 aliphatic rings. The second-order valence-electron chi connectivity index (χ2n) is 5.61. The van der Waals surface area contributed by atoms with E-state index >= 15 is 0 Å². The van der Waals surface area contributed by atoms with Gasteiger partial charge in [0.25, 0.3) is 0 Å². The molecule has 3 heterocycles. The molecule has 1 aromatic carbocycles. The molecule has 1 aromatic heterocycles. The summed E-state index contributed by atoms with van der Waals surface area (Å²) in [6.45, 7) is 2.54. The predicted octanol–water partition coefficient (Wildman–Crippen LogP) is 2.80. The summed E-state index contributed by atoms with van der Waals surface area (Å²) in [5, 5.41) is 3.09. The van der Waals surface area contributed by atoms with Crippen molar-refractivity contribution < 1.29 is 9.53 Å². The monoisotopic (exact) mass is 295 g/mol. The standard InChI is InChI=1S/C17H17N3O2/c1-2-20-16(21)19-14-11-17(20,12-7-9-18-10-8-12)22-15-6-4-3-5-13(14)15/h3-10,14H,2,11H2,1H3,(H,19,21). The van der Waals surface area contributed by atoms with Gasteiger partial charge in [0.15, 0.2) is 0 Å². The Hall–Kier alpha value is -2.56. The molecule has 1 fully saturated rings. The Balaban J connectivity index is 1.91. The van der Waals surface area contributed by atoms with Gasteiger partial charge < -0.3 is 10.1 Å². The van der Waals surface area contributed by atoms with Gasteiger partial charge in [-0.1, -0.05) is 18.2 Å². The number of carbonyl (C=O) groups is 1. The van der Waals surface area contributed by atoms with Crippen LogP contribution in [0.25, 0.3) is 0 Å². The molecule has 0 spiro atoms. The Morgan fingerprint density at radius 3 is 2.86 bits per heavy atom. The Morgan fingerprint density at radius 2 is 2.09 bits per heavy atom. The Labute approximate surface area is 128 Å². The normalized spacial score (nSPS) is 26.0. The molecular formula is C17H17N3O2. The van der Waals surface area contributed by atoms with Crippen LogP contribution in [0.3, 0.4) is 0 Å². The van der Waals surface area contributed by atoms with Crippen molar-refractivity contribution in [2.75, 3.05) is 6.54 Å². The first-order valence-electron chi connectivity index (χ1n) is 7.51. The van der Waals surface area contributed by atoms with Crippen LogP contribution in [-0.4, -0.2) is 22.5 Å². The number of aromatic nitrogens is 1. The van der Waals surface area contributed by atoms with Crippen LogP contribution in [0.15, 0.2) is 48.8 Å². The first-order valence-corrected chi connectivity index (χ1v) is 7.51. The number of nitrogens with one attached hydrogen (secondary N) is 1. The lowest BCUT2D eigenvalue weighted by Gasteiger charge is -2.52. The number of pyridine rings is 1. The number of urea groups is 1. The van der Waals surface area contributed by atoms with Gasteiger partial charge in [0.05, 0.1) is 6.04 Å². The smallest absolute Gasteiger partial charge is 0.321 e. The number of rotatable bonds is 2. The molecule has 2 bridgehead atoms. The lowest BCUT2D eigenvalue weighted by Crippen LogP contribution is -2.64. The summed E-state index contributed by atoms with van der Waals surface area (Å²) in [5.41, 5.74) is 1.23. The highest BCUT2D eigenvalue weighted by Crippen LogP contribution is 2.48. The zero-order valence-electron chi connectivity index (χ0n) is 12.3. The highest BCUT2D eigenvalue weighted by atomic mass is 16.5. The van der Waals surface area contributed by atoms with E-state index < -0.39 is 5.72 Å². The fraction of sp³-hybridized carbons (Fsp3) is 0.294. The molecular weight excluding hydrogens is 278 g/mol. The quantitative estimate of drug-likeness (QED) is 0.927. The molecule has 112 valence electrons. The van der Waals surface area contributed by atoms with Crippen molar-refractivity contribution >= 4 is 6.03 Å². The van der Waals surface area contributed by atoms with Crippen molar-refractivity contribution in [3.05, 3.63) is 59.9 Å². The fourth-order valence-corrected chi connectivity index (χ4v) is 3.50. The summed E-state index contributed by atoms with van der Waals surface area (Å²) in [6.07, 6.45) is 4.17. The summed E-state index contributed by atoms with van der Waals surface area (Å²) in [5.74, 6) is 0.828. The predicted molar refractivity (Wildman–Crippen MR) is 81.3 cm³/mol. The van der Waals surface area contributed by atoms with Gasteiger partial charge >= 0.3 is 6.03 Å². The van der Waals surface area contributed by atoms with Gasteiger partial charge in [-0.2, -0.15) is 0 Å². The second kappa shape index (κ2) is 4.73. The molecule has 5 heteroatoms. The van der Waals surface area contributed by atoms with Crippen LogP contribution in [0.2, 0.25) is 0 Å². The average molecular weight is 295 g/mol. The number of carbonyl (C=O) groups excluding carboxylic acids is 1. The Kier molecular flexibility index (Phi) is 2.82. The van der Waals surface area contributed by atoms with Crippen molar-refractivity contribution in [2.45, 2.75) is 25.1 Å². The van der Waals surface area contributed by atoms with E-state index in [1.807, 2.05) is 43.3 Å². The van der Waals surface area contributed by atoms with Crippen LogP contribution >= 0.6 is 0 Å². The third-order valence-electron chi connectivity index (χ3n) is 4.48. The van der Waals surface area contributed by atoms with Crippen molar-refractivity contribution in [1.29, 1.82) is 0 Å². The van der Waals surface area contributed by atoms with Crippen LogP contribution in [0, 0.1) is 0 Å². The fourth-order valence-electron chi connectivity index (χ4n) is 3.50. The Morgan fingerprint density at radius 1 is 1.32 bits per heavy atom. The SMILES string of the molecule is CCN1C(=O)NC2CC1(c1ccncc1)Oc1ccccc12. The van der Waals surface area contributed by atoms with E-state index in [9.17, 15) is 4.79 Å². The summed E-state index contributed by atoms with van der Waals surface area (Å²) < 4.78 is 6.39. The first-order chi connectivity index (χ1) is 10.7. The zero-order chi connectivity index (χ0) is 15.2. The van der Waals surface area contributed by atoms with Gasteiger partial charge in [0.2, 0.25) is 5.72 Å². The molecule has 2 atom stereocenters. The first kappa shape index (κ1) is 13.1. The summed E-state index contributed by atoms with van der Waals surface area (Å²) >= 11 is 0. The van der Waals surface area contributed by atoms with Crippen LogP contribution in [0.5, 0.6) is 5.75 Å². The highest BCUT2D eigenvalue weighted by Gasteiger charge is 2.52. The topological polar surface area (TPSA) is 54.5 Å². The number of para-hydroxylation sites is 1. The molecule has 22 heavy (non-hydrogen) atoms. The third kappa shape index (κ3) is 1.71. The van der Waals surface area contributed by atoms with Crippen LogP contribution in [0.1, 0.15) is 30.5 Å². The van der Waals surface area contributed by atoms with Crippen molar-refractivity contribution in [3.8, 4) is 5.75 Å². The number of ether oxygens (including phenoxy) is 1. The molecule has 2 aromatic rings. The number of hydrogen-bond donors (Lipinski definition) is 1.